The van der Waals surface area contributed by atoms with Crippen molar-refractivity contribution in [2.75, 3.05) is 12.3 Å². The fraction of sp³-hybridized carbons (Fsp3) is 0.286. The van der Waals surface area contributed by atoms with Gasteiger partial charge in [-0.2, -0.15) is 0 Å². The van der Waals surface area contributed by atoms with Gasteiger partial charge in [-0.05, 0) is 36.1 Å². The predicted molar refractivity (Wildman–Crippen MR) is 140 cm³/mol. The van der Waals surface area contributed by atoms with Crippen molar-refractivity contribution >= 4 is 23.6 Å². The fourth-order valence-electron chi connectivity index (χ4n) is 4.05. The van der Waals surface area contributed by atoms with Crippen LogP contribution in [0.2, 0.25) is 0 Å². The summed E-state index contributed by atoms with van der Waals surface area (Å²) >= 11 is 1.61. The number of carbonyl (C=O) groups is 2. The Hall–Kier alpha value is -3.09. The largest absolute Gasteiger partial charge is 0.368 e. The first-order chi connectivity index (χ1) is 16.6. The first kappa shape index (κ1) is 25.5. The molecule has 1 atom stereocenters. The number of primary amides is 1. The Labute approximate surface area is 206 Å². The second-order valence-corrected chi connectivity index (χ2v) is 9.45. The molecule has 0 fully saturated rings. The monoisotopic (exact) mass is 475 g/mol. The Bertz CT molecular complexity index is 933. The zero-order valence-electron chi connectivity index (χ0n) is 19.4. The first-order valence-electron chi connectivity index (χ1n) is 11.7. The van der Waals surface area contributed by atoms with Gasteiger partial charge in [-0.15, -0.1) is 11.8 Å². The smallest absolute Gasteiger partial charge is 0.240 e. The molecule has 0 saturated carbocycles. The van der Waals surface area contributed by atoms with Crippen LogP contribution in [0.15, 0.2) is 91.0 Å². The highest BCUT2D eigenvalue weighted by atomic mass is 32.2. The maximum absolute atomic E-state index is 12.5. The zero-order valence-corrected chi connectivity index (χ0v) is 20.2. The van der Waals surface area contributed by atoms with Crippen molar-refractivity contribution in [2.24, 2.45) is 11.5 Å². The molecule has 0 spiro atoms. The highest BCUT2D eigenvalue weighted by Crippen LogP contribution is 2.48. The summed E-state index contributed by atoms with van der Waals surface area (Å²) in [5, 5.41) is 2.85. The number of hydrogen-bond donors (Lipinski definition) is 3. The zero-order chi connectivity index (χ0) is 24.2. The number of carbonyl (C=O) groups excluding carboxylic acids is 2. The lowest BCUT2D eigenvalue weighted by Crippen LogP contribution is -2.47. The van der Waals surface area contributed by atoms with E-state index in [1.54, 1.807) is 11.8 Å². The molecule has 0 heterocycles. The number of unbranched alkanes of at least 4 members (excludes halogenated alkanes) is 2. The second-order valence-electron chi connectivity index (χ2n) is 8.21. The molecule has 5 nitrogen and oxygen atoms in total. The Kier molecular flexibility index (Phi) is 9.74. The third-order valence-electron chi connectivity index (χ3n) is 5.79. The van der Waals surface area contributed by atoms with E-state index in [2.05, 4.69) is 41.7 Å². The number of amides is 2. The molecule has 3 aromatic carbocycles. The molecule has 0 saturated heterocycles. The number of nitrogens with two attached hydrogens (primary N) is 2. The Morgan fingerprint density at radius 2 is 1.24 bits per heavy atom. The van der Waals surface area contributed by atoms with E-state index in [1.165, 1.54) is 0 Å². The summed E-state index contributed by atoms with van der Waals surface area (Å²) in [6.45, 7) is 0.614. The van der Waals surface area contributed by atoms with Crippen LogP contribution in [0.5, 0.6) is 0 Å². The van der Waals surface area contributed by atoms with Gasteiger partial charge < -0.3 is 16.8 Å². The van der Waals surface area contributed by atoms with Crippen LogP contribution >= 0.6 is 11.8 Å². The van der Waals surface area contributed by atoms with Crippen molar-refractivity contribution in [1.29, 1.82) is 0 Å². The van der Waals surface area contributed by atoms with Gasteiger partial charge in [0.25, 0.3) is 0 Å². The minimum absolute atomic E-state index is 0.161. The lowest BCUT2D eigenvalue weighted by atomic mass is 9.84. The number of benzene rings is 3. The number of rotatable bonds is 13. The summed E-state index contributed by atoms with van der Waals surface area (Å²) in [5.41, 5.74) is 14.5. The average Bonchev–Trinajstić information content (AvgIpc) is 2.88. The van der Waals surface area contributed by atoms with Gasteiger partial charge in [-0.3, -0.25) is 9.59 Å². The lowest BCUT2D eigenvalue weighted by Gasteiger charge is -2.36. The molecule has 0 radical (unpaired) electrons. The van der Waals surface area contributed by atoms with Crippen LogP contribution in [0.3, 0.4) is 0 Å². The molecule has 2 amide bonds. The highest BCUT2D eigenvalue weighted by molar-refractivity contribution is 8.00. The Morgan fingerprint density at radius 3 is 1.65 bits per heavy atom. The second kappa shape index (κ2) is 13.0. The van der Waals surface area contributed by atoms with Gasteiger partial charge in [-0.1, -0.05) is 97.4 Å². The Morgan fingerprint density at radius 1 is 0.765 bits per heavy atom. The van der Waals surface area contributed by atoms with Crippen molar-refractivity contribution < 1.29 is 9.59 Å². The van der Waals surface area contributed by atoms with E-state index in [-0.39, 0.29) is 5.91 Å². The maximum atomic E-state index is 12.5. The molecule has 5 N–H and O–H groups in total. The lowest BCUT2D eigenvalue weighted by molar-refractivity contribution is -0.126. The van der Waals surface area contributed by atoms with E-state index < -0.39 is 16.7 Å². The number of thioether (sulfide) groups is 1. The summed E-state index contributed by atoms with van der Waals surface area (Å²) in [5.74, 6) is -0.361. The van der Waals surface area contributed by atoms with Gasteiger partial charge in [0, 0.05) is 12.2 Å². The van der Waals surface area contributed by atoms with Crippen LogP contribution in [-0.2, 0) is 14.3 Å². The molecular weight excluding hydrogens is 442 g/mol. The molecular formula is C28H33N3O2S. The van der Waals surface area contributed by atoms with Gasteiger partial charge in [0.1, 0.15) is 6.04 Å². The molecule has 0 aliphatic rings. The van der Waals surface area contributed by atoms with Crippen LogP contribution in [0.4, 0.5) is 0 Å². The minimum atomic E-state index is -0.775. The van der Waals surface area contributed by atoms with Gasteiger partial charge in [0.05, 0.1) is 4.75 Å². The van der Waals surface area contributed by atoms with E-state index in [1.807, 2.05) is 54.6 Å². The minimum Gasteiger partial charge on any atom is -0.368 e. The summed E-state index contributed by atoms with van der Waals surface area (Å²) in [6.07, 6.45) is 2.87. The van der Waals surface area contributed by atoms with Crippen molar-refractivity contribution in [3.63, 3.8) is 0 Å². The van der Waals surface area contributed by atoms with E-state index in [4.69, 9.17) is 11.5 Å². The summed E-state index contributed by atoms with van der Waals surface area (Å²) in [4.78, 5) is 24.8. The molecule has 0 unspecified atom stereocenters. The van der Waals surface area contributed by atoms with Gasteiger partial charge in [-0.25, -0.2) is 0 Å². The Balaban J connectivity index is 1.92. The molecule has 0 aromatic heterocycles. The molecule has 3 rings (SSSR count). The predicted octanol–water partition coefficient (Wildman–Crippen LogP) is 4.20. The molecule has 0 bridgehead atoms. The molecule has 3 aromatic rings. The fourth-order valence-corrected chi connectivity index (χ4v) is 5.62. The van der Waals surface area contributed by atoms with Crippen molar-refractivity contribution in [2.45, 2.75) is 36.5 Å². The number of hydrogen-bond acceptors (Lipinski definition) is 4. The average molecular weight is 476 g/mol. The van der Waals surface area contributed by atoms with Crippen molar-refractivity contribution in [3.05, 3.63) is 108 Å². The van der Waals surface area contributed by atoms with E-state index in [0.717, 1.165) is 36.0 Å². The van der Waals surface area contributed by atoms with Gasteiger partial charge in [0.15, 0.2) is 0 Å². The van der Waals surface area contributed by atoms with E-state index >= 15 is 0 Å². The van der Waals surface area contributed by atoms with Gasteiger partial charge >= 0.3 is 0 Å². The third-order valence-corrected chi connectivity index (χ3v) is 7.43. The standard InChI is InChI=1S/C28H33N3O2S/c29-20-12-4-11-19-26(32)31-25(27(30)33)21-34-28(22-13-5-1-6-14-22,23-15-7-2-8-16-23)24-17-9-3-10-18-24/h1-3,5-10,13-18,25H,4,11-12,19-21,29H2,(H2,30,33)(H,31,32)/t25-/m0/s1. The SMILES string of the molecule is NCCCCCC(=O)N[C@@H](CSC(c1ccccc1)(c1ccccc1)c1ccccc1)C(N)=O. The third kappa shape index (κ3) is 6.49. The molecule has 0 aliphatic carbocycles. The summed E-state index contributed by atoms with van der Waals surface area (Å²) in [6, 6.07) is 29.9. The van der Waals surface area contributed by atoms with Crippen LogP contribution < -0.4 is 16.8 Å². The van der Waals surface area contributed by atoms with Crippen molar-refractivity contribution in [1.82, 2.24) is 5.32 Å². The maximum Gasteiger partial charge on any atom is 0.240 e. The van der Waals surface area contributed by atoms with Crippen molar-refractivity contribution in [3.8, 4) is 0 Å². The van der Waals surface area contributed by atoms with Crippen LogP contribution in [0.1, 0.15) is 42.4 Å². The summed E-state index contributed by atoms with van der Waals surface area (Å²) < 4.78 is -0.580. The molecule has 178 valence electrons. The number of nitrogens with one attached hydrogen (secondary N) is 1. The van der Waals surface area contributed by atoms with Gasteiger partial charge in [0.2, 0.25) is 11.8 Å². The normalized spacial score (nSPS) is 12.1. The van der Waals surface area contributed by atoms with E-state index in [9.17, 15) is 9.59 Å². The van der Waals surface area contributed by atoms with Crippen LogP contribution in [0.25, 0.3) is 0 Å². The summed E-state index contributed by atoms with van der Waals surface area (Å²) in [7, 11) is 0. The van der Waals surface area contributed by atoms with Crippen LogP contribution in [0, 0.1) is 0 Å². The van der Waals surface area contributed by atoms with Crippen LogP contribution in [-0.4, -0.2) is 30.2 Å². The highest BCUT2D eigenvalue weighted by Gasteiger charge is 2.38. The molecule has 34 heavy (non-hydrogen) atoms. The molecule has 0 aliphatic heterocycles. The first-order valence-corrected chi connectivity index (χ1v) is 12.7. The topological polar surface area (TPSA) is 98.2 Å². The quantitative estimate of drug-likeness (QED) is 0.255. The van der Waals surface area contributed by atoms with E-state index in [0.29, 0.717) is 18.7 Å². The molecule has 6 heteroatoms.